The van der Waals surface area contributed by atoms with Crippen LogP contribution in [0.2, 0.25) is 5.02 Å². The largest absolute Gasteiger partial charge is 0.416 e. The van der Waals surface area contributed by atoms with Crippen LogP contribution in [0.3, 0.4) is 0 Å². The van der Waals surface area contributed by atoms with Crippen molar-refractivity contribution < 1.29 is 13.2 Å². The van der Waals surface area contributed by atoms with E-state index >= 15 is 0 Å². The van der Waals surface area contributed by atoms with Crippen LogP contribution in [0.5, 0.6) is 0 Å². The molecular formula is C21H19ClF3N3O3. The second kappa shape index (κ2) is 8.58. The highest BCUT2D eigenvalue weighted by Gasteiger charge is 2.30. The van der Waals surface area contributed by atoms with Crippen molar-refractivity contribution in [3.63, 3.8) is 0 Å². The lowest BCUT2D eigenvalue weighted by Gasteiger charge is -2.16. The summed E-state index contributed by atoms with van der Waals surface area (Å²) in [6.45, 7) is 2.89. The molecule has 0 unspecified atom stereocenters. The molecular weight excluding hydrogens is 435 g/mol. The van der Waals surface area contributed by atoms with Crippen molar-refractivity contribution in [1.29, 1.82) is 0 Å². The molecule has 0 bridgehead atoms. The van der Waals surface area contributed by atoms with E-state index in [1.807, 2.05) is 0 Å². The van der Waals surface area contributed by atoms with Crippen LogP contribution in [-0.2, 0) is 19.3 Å². The Morgan fingerprint density at radius 1 is 0.774 bits per heavy atom. The number of nitrogens with zero attached hydrogens (tertiary/aromatic N) is 3. The molecule has 0 fully saturated rings. The fourth-order valence-corrected chi connectivity index (χ4v) is 3.24. The fourth-order valence-electron chi connectivity index (χ4n) is 3.12. The van der Waals surface area contributed by atoms with Gasteiger partial charge >= 0.3 is 23.2 Å². The molecule has 164 valence electrons. The van der Waals surface area contributed by atoms with Gasteiger partial charge in [-0.25, -0.2) is 28.1 Å². The number of aromatic nitrogens is 3. The van der Waals surface area contributed by atoms with Gasteiger partial charge in [-0.05, 0) is 49.2 Å². The summed E-state index contributed by atoms with van der Waals surface area (Å²) in [4.78, 5) is 38.7. The molecule has 31 heavy (non-hydrogen) atoms. The van der Waals surface area contributed by atoms with Crippen LogP contribution in [0.25, 0.3) is 0 Å². The zero-order chi connectivity index (χ0) is 22.9. The highest BCUT2D eigenvalue weighted by Crippen LogP contribution is 2.29. The van der Waals surface area contributed by atoms with Crippen LogP contribution in [0.4, 0.5) is 13.2 Å². The lowest BCUT2D eigenvalue weighted by Crippen LogP contribution is -2.55. The molecule has 0 saturated carbocycles. The van der Waals surface area contributed by atoms with Crippen molar-refractivity contribution in [2.24, 2.45) is 0 Å². The fraction of sp³-hybridized carbons (Fsp3) is 0.286. The van der Waals surface area contributed by atoms with Gasteiger partial charge in [-0.3, -0.25) is 0 Å². The van der Waals surface area contributed by atoms with Crippen molar-refractivity contribution >= 4 is 11.6 Å². The smallest absolute Gasteiger partial charge is 0.247 e. The number of hydrogen-bond acceptors (Lipinski definition) is 3. The van der Waals surface area contributed by atoms with E-state index in [4.69, 9.17) is 11.6 Å². The van der Waals surface area contributed by atoms with Gasteiger partial charge in [0.1, 0.15) is 0 Å². The maximum absolute atomic E-state index is 13.0. The first-order chi connectivity index (χ1) is 14.5. The molecule has 0 aliphatic carbocycles. The molecule has 3 aromatic rings. The van der Waals surface area contributed by atoms with Crippen molar-refractivity contribution in [3.05, 3.63) is 102 Å². The second-order valence-electron chi connectivity index (χ2n) is 7.30. The maximum atomic E-state index is 13.0. The highest BCUT2D eigenvalue weighted by atomic mass is 35.5. The molecule has 10 heteroatoms. The minimum Gasteiger partial charge on any atom is -0.247 e. The molecule has 6 nitrogen and oxygen atoms in total. The molecule has 1 heterocycles. The Kier molecular flexibility index (Phi) is 6.26. The standard InChI is InChI=1S/C21H19ClF3N3O3/c1-13(2)28-19(30)26(11-14-3-7-16(8-4-14)21(23,24)25)18(29)27(20(28)31)12-15-5-9-17(22)10-6-15/h3-10,13H,11-12H2,1-2H3. The number of benzene rings is 2. The van der Waals surface area contributed by atoms with Gasteiger partial charge < -0.3 is 0 Å². The summed E-state index contributed by atoms with van der Waals surface area (Å²) in [5, 5.41) is 0.489. The summed E-state index contributed by atoms with van der Waals surface area (Å²) in [6, 6.07) is 10.2. The highest BCUT2D eigenvalue weighted by molar-refractivity contribution is 6.30. The first-order valence-electron chi connectivity index (χ1n) is 9.36. The predicted molar refractivity (Wildman–Crippen MR) is 111 cm³/mol. The zero-order valence-corrected chi connectivity index (χ0v) is 17.4. The Morgan fingerprint density at radius 2 is 1.19 bits per heavy atom. The van der Waals surface area contributed by atoms with Crippen LogP contribution in [-0.4, -0.2) is 13.7 Å². The molecule has 0 aliphatic rings. The quantitative estimate of drug-likeness (QED) is 0.593. The minimum atomic E-state index is -4.49. The second-order valence-corrected chi connectivity index (χ2v) is 7.74. The summed E-state index contributed by atoms with van der Waals surface area (Å²) in [6.07, 6.45) is -4.49. The molecule has 0 amide bonds. The minimum absolute atomic E-state index is 0.0884. The Morgan fingerprint density at radius 3 is 1.58 bits per heavy atom. The number of hydrogen-bond donors (Lipinski definition) is 0. The Labute approximate surface area is 179 Å². The van der Waals surface area contributed by atoms with Gasteiger partial charge in [0.2, 0.25) is 0 Å². The van der Waals surface area contributed by atoms with Crippen molar-refractivity contribution in [1.82, 2.24) is 13.7 Å². The summed E-state index contributed by atoms with van der Waals surface area (Å²) < 4.78 is 41.1. The molecule has 0 saturated heterocycles. The van der Waals surface area contributed by atoms with E-state index < -0.39 is 34.9 Å². The van der Waals surface area contributed by atoms with Crippen molar-refractivity contribution in [3.8, 4) is 0 Å². The van der Waals surface area contributed by atoms with E-state index in [-0.39, 0.29) is 13.1 Å². The molecule has 3 rings (SSSR count). The Balaban J connectivity index is 2.10. The number of halogens is 4. The molecule has 0 N–H and O–H groups in total. The molecule has 0 radical (unpaired) electrons. The average molecular weight is 454 g/mol. The third-order valence-electron chi connectivity index (χ3n) is 4.73. The van der Waals surface area contributed by atoms with E-state index in [2.05, 4.69) is 0 Å². The summed E-state index contributed by atoms with van der Waals surface area (Å²) in [5.41, 5.74) is -2.32. The van der Waals surface area contributed by atoms with Gasteiger partial charge in [-0.15, -0.1) is 0 Å². The van der Waals surface area contributed by atoms with E-state index in [1.54, 1.807) is 38.1 Å². The van der Waals surface area contributed by atoms with Crippen molar-refractivity contribution in [2.45, 2.75) is 39.2 Å². The SMILES string of the molecule is CC(C)n1c(=O)n(Cc2ccc(Cl)cc2)c(=O)n(Cc2ccc(C(F)(F)F)cc2)c1=O. The molecule has 0 spiro atoms. The van der Waals surface area contributed by atoms with Gasteiger partial charge in [0, 0.05) is 11.1 Å². The monoisotopic (exact) mass is 453 g/mol. The van der Waals surface area contributed by atoms with Gasteiger partial charge in [-0.1, -0.05) is 35.9 Å². The summed E-state index contributed by atoms with van der Waals surface area (Å²) in [7, 11) is 0. The molecule has 2 aromatic carbocycles. The topological polar surface area (TPSA) is 66.0 Å². The average Bonchev–Trinajstić information content (AvgIpc) is 2.69. The van der Waals surface area contributed by atoms with Crippen LogP contribution in [0.15, 0.2) is 62.9 Å². The van der Waals surface area contributed by atoms with E-state index in [1.165, 1.54) is 12.1 Å². The van der Waals surface area contributed by atoms with Gasteiger partial charge in [0.15, 0.2) is 0 Å². The van der Waals surface area contributed by atoms with Crippen LogP contribution in [0.1, 0.15) is 36.6 Å². The first-order valence-corrected chi connectivity index (χ1v) is 9.73. The number of rotatable bonds is 5. The molecule has 0 atom stereocenters. The Hall–Kier alpha value is -3.07. The van der Waals surface area contributed by atoms with Gasteiger partial charge in [0.25, 0.3) is 0 Å². The van der Waals surface area contributed by atoms with Gasteiger partial charge in [-0.2, -0.15) is 13.2 Å². The number of alkyl halides is 3. The van der Waals surface area contributed by atoms with Crippen LogP contribution >= 0.6 is 11.6 Å². The van der Waals surface area contributed by atoms with E-state index in [9.17, 15) is 27.6 Å². The molecule has 0 aliphatic heterocycles. The van der Waals surface area contributed by atoms with Crippen LogP contribution in [0, 0.1) is 0 Å². The zero-order valence-electron chi connectivity index (χ0n) is 16.7. The summed E-state index contributed by atoms with van der Waals surface area (Å²) >= 11 is 5.87. The third-order valence-corrected chi connectivity index (χ3v) is 4.98. The third kappa shape index (κ3) is 4.82. The van der Waals surface area contributed by atoms with Crippen LogP contribution < -0.4 is 17.1 Å². The van der Waals surface area contributed by atoms with E-state index in [0.29, 0.717) is 16.1 Å². The van der Waals surface area contributed by atoms with Crippen molar-refractivity contribution in [2.75, 3.05) is 0 Å². The lowest BCUT2D eigenvalue weighted by molar-refractivity contribution is -0.137. The molecule has 1 aromatic heterocycles. The maximum Gasteiger partial charge on any atom is 0.416 e. The van der Waals surface area contributed by atoms with E-state index in [0.717, 1.165) is 25.8 Å². The normalized spacial score (nSPS) is 11.8. The lowest BCUT2D eigenvalue weighted by atomic mass is 10.1. The summed E-state index contributed by atoms with van der Waals surface area (Å²) in [5.74, 6) is 0. The predicted octanol–water partition coefficient (Wildman–Crippen LogP) is 3.52. The van der Waals surface area contributed by atoms with Gasteiger partial charge in [0.05, 0.1) is 18.7 Å². The first kappa shape index (κ1) is 22.6. The Bertz CT molecular complexity index is 1260.